The van der Waals surface area contributed by atoms with E-state index in [2.05, 4.69) is 22.1 Å². The summed E-state index contributed by atoms with van der Waals surface area (Å²) >= 11 is 0. The van der Waals surface area contributed by atoms with Crippen molar-refractivity contribution in [3.8, 4) is 11.5 Å². The van der Waals surface area contributed by atoms with Crippen LogP contribution in [-0.4, -0.2) is 62.4 Å². The fraction of sp³-hybridized carbons (Fsp3) is 0.524. The van der Waals surface area contributed by atoms with Gasteiger partial charge in [0.05, 0.1) is 26.4 Å². The minimum Gasteiger partial charge on any atom is -0.444 e. The Morgan fingerprint density at radius 3 is 2.90 bits per heavy atom. The Morgan fingerprint density at radius 1 is 1.31 bits per heavy atom. The van der Waals surface area contributed by atoms with E-state index in [0.717, 1.165) is 49.9 Å². The maximum absolute atomic E-state index is 5.69. The number of ether oxygens (including phenoxy) is 2. The number of guanidine groups is 1. The molecule has 8 heteroatoms. The van der Waals surface area contributed by atoms with E-state index < -0.39 is 0 Å². The van der Waals surface area contributed by atoms with E-state index in [1.807, 2.05) is 30.3 Å². The monoisotopic (exact) mass is 514 g/mol. The predicted molar refractivity (Wildman–Crippen MR) is 125 cm³/mol. The molecule has 1 aliphatic rings. The molecular formula is C21H31IN4O3. The van der Waals surface area contributed by atoms with E-state index in [4.69, 9.17) is 18.9 Å². The Balaban J connectivity index is 0.00000300. The van der Waals surface area contributed by atoms with Crippen molar-refractivity contribution in [3.63, 3.8) is 0 Å². The Morgan fingerprint density at radius 2 is 2.14 bits per heavy atom. The van der Waals surface area contributed by atoms with Crippen LogP contribution < -0.4 is 5.32 Å². The third-order valence-electron chi connectivity index (χ3n) is 4.67. The van der Waals surface area contributed by atoms with E-state index in [1.54, 1.807) is 13.4 Å². The molecule has 160 valence electrons. The number of aliphatic imine (C=N–C) groups is 1. The molecule has 29 heavy (non-hydrogen) atoms. The van der Waals surface area contributed by atoms with Crippen molar-refractivity contribution in [2.75, 3.05) is 46.6 Å². The van der Waals surface area contributed by atoms with Crippen LogP contribution in [0.1, 0.15) is 19.0 Å². The molecule has 0 saturated carbocycles. The van der Waals surface area contributed by atoms with Crippen molar-refractivity contribution < 1.29 is 13.9 Å². The predicted octanol–water partition coefficient (Wildman–Crippen LogP) is 3.41. The van der Waals surface area contributed by atoms with Gasteiger partial charge in [0.2, 0.25) is 5.89 Å². The first-order valence-electron chi connectivity index (χ1n) is 9.90. The molecular weight excluding hydrogens is 483 g/mol. The highest BCUT2D eigenvalue weighted by molar-refractivity contribution is 14.0. The number of rotatable bonds is 9. The van der Waals surface area contributed by atoms with E-state index >= 15 is 0 Å². The number of nitrogens with zero attached hydrogens (tertiary/aromatic N) is 3. The first-order chi connectivity index (χ1) is 13.8. The standard InChI is InChI=1S/C21H30N4O3.HI/c1-3-22-21(25-10-9-17(14-25)15-27-12-11-26-2)23-13-19-16-28-20(24-19)18-7-5-4-6-8-18;/h4-8,16-17H,3,9-15H2,1-2H3,(H,22,23);1H. The fourth-order valence-electron chi connectivity index (χ4n) is 3.23. The van der Waals surface area contributed by atoms with E-state index in [-0.39, 0.29) is 24.0 Å². The van der Waals surface area contributed by atoms with Gasteiger partial charge in [-0.15, -0.1) is 24.0 Å². The lowest BCUT2D eigenvalue weighted by Gasteiger charge is -2.21. The van der Waals surface area contributed by atoms with Crippen LogP contribution >= 0.6 is 24.0 Å². The van der Waals surface area contributed by atoms with Gasteiger partial charge in [-0.3, -0.25) is 0 Å². The second-order valence-corrected chi connectivity index (χ2v) is 6.85. The molecule has 0 amide bonds. The van der Waals surface area contributed by atoms with Crippen molar-refractivity contribution in [3.05, 3.63) is 42.3 Å². The molecule has 1 aliphatic heterocycles. The number of oxazole rings is 1. The molecule has 1 unspecified atom stereocenters. The van der Waals surface area contributed by atoms with Crippen LogP contribution in [0.2, 0.25) is 0 Å². The summed E-state index contributed by atoms with van der Waals surface area (Å²) in [7, 11) is 1.69. The van der Waals surface area contributed by atoms with Crippen LogP contribution in [0.4, 0.5) is 0 Å². The first kappa shape index (κ1) is 23.6. The zero-order chi connectivity index (χ0) is 19.6. The number of hydrogen-bond acceptors (Lipinski definition) is 5. The highest BCUT2D eigenvalue weighted by Crippen LogP contribution is 2.19. The largest absolute Gasteiger partial charge is 0.444 e. The van der Waals surface area contributed by atoms with Crippen LogP contribution in [0, 0.1) is 5.92 Å². The van der Waals surface area contributed by atoms with Crippen molar-refractivity contribution >= 4 is 29.9 Å². The smallest absolute Gasteiger partial charge is 0.226 e. The Kier molecular flexibility index (Phi) is 10.4. The van der Waals surface area contributed by atoms with Gasteiger partial charge in [-0.05, 0) is 25.5 Å². The molecule has 0 aliphatic carbocycles. The summed E-state index contributed by atoms with van der Waals surface area (Å²) in [6.07, 6.45) is 2.80. The third-order valence-corrected chi connectivity index (χ3v) is 4.67. The molecule has 3 rings (SSSR count). The van der Waals surface area contributed by atoms with Gasteiger partial charge in [0, 0.05) is 38.2 Å². The summed E-state index contributed by atoms with van der Waals surface area (Å²) in [5.41, 5.74) is 1.80. The third kappa shape index (κ3) is 7.27. The molecule has 1 aromatic heterocycles. The highest BCUT2D eigenvalue weighted by Gasteiger charge is 2.25. The number of benzene rings is 1. The number of hydrogen-bond donors (Lipinski definition) is 1. The lowest BCUT2D eigenvalue weighted by molar-refractivity contribution is 0.0536. The minimum absolute atomic E-state index is 0. The average molecular weight is 514 g/mol. The Labute approximate surface area is 189 Å². The van der Waals surface area contributed by atoms with Crippen LogP contribution in [0.25, 0.3) is 11.5 Å². The number of nitrogens with one attached hydrogen (secondary N) is 1. The summed E-state index contributed by atoms with van der Waals surface area (Å²) < 4.78 is 16.3. The summed E-state index contributed by atoms with van der Waals surface area (Å²) in [4.78, 5) is 11.6. The van der Waals surface area contributed by atoms with E-state index in [0.29, 0.717) is 31.6 Å². The molecule has 1 fully saturated rings. The van der Waals surface area contributed by atoms with Crippen LogP contribution in [-0.2, 0) is 16.0 Å². The summed E-state index contributed by atoms with van der Waals surface area (Å²) in [6, 6.07) is 9.91. The number of aromatic nitrogens is 1. The second kappa shape index (κ2) is 12.8. The van der Waals surface area contributed by atoms with Gasteiger partial charge >= 0.3 is 0 Å². The molecule has 1 atom stereocenters. The normalized spacial score (nSPS) is 16.7. The van der Waals surface area contributed by atoms with E-state index in [9.17, 15) is 0 Å². The van der Waals surface area contributed by atoms with Gasteiger partial charge < -0.3 is 24.1 Å². The first-order valence-corrected chi connectivity index (χ1v) is 9.90. The van der Waals surface area contributed by atoms with Gasteiger partial charge in [-0.25, -0.2) is 9.98 Å². The zero-order valence-corrected chi connectivity index (χ0v) is 19.5. The fourth-order valence-corrected chi connectivity index (χ4v) is 3.23. The Hall–Kier alpha value is -1.65. The summed E-state index contributed by atoms with van der Waals surface area (Å²) in [5, 5.41) is 3.39. The average Bonchev–Trinajstić information content (AvgIpc) is 3.39. The van der Waals surface area contributed by atoms with Gasteiger partial charge in [-0.1, -0.05) is 18.2 Å². The maximum Gasteiger partial charge on any atom is 0.226 e. The van der Waals surface area contributed by atoms with Crippen molar-refractivity contribution in [2.45, 2.75) is 19.9 Å². The van der Waals surface area contributed by atoms with Gasteiger partial charge in [0.25, 0.3) is 0 Å². The molecule has 7 nitrogen and oxygen atoms in total. The van der Waals surface area contributed by atoms with Crippen LogP contribution in [0.5, 0.6) is 0 Å². The van der Waals surface area contributed by atoms with Gasteiger partial charge in [-0.2, -0.15) is 0 Å². The molecule has 1 aromatic carbocycles. The van der Waals surface area contributed by atoms with Crippen LogP contribution in [0.3, 0.4) is 0 Å². The minimum atomic E-state index is 0. The van der Waals surface area contributed by atoms with Crippen LogP contribution in [0.15, 0.2) is 46.0 Å². The topological polar surface area (TPSA) is 72.1 Å². The summed E-state index contributed by atoms with van der Waals surface area (Å²) in [6.45, 7) is 7.40. The van der Waals surface area contributed by atoms with Crippen molar-refractivity contribution in [1.29, 1.82) is 0 Å². The summed E-state index contributed by atoms with van der Waals surface area (Å²) in [5.74, 6) is 2.08. The SMILES string of the molecule is CCNC(=NCc1coc(-c2ccccc2)n1)N1CCC(COCCOC)C1.I. The number of halogens is 1. The second-order valence-electron chi connectivity index (χ2n) is 6.85. The maximum atomic E-state index is 5.69. The molecule has 0 bridgehead atoms. The quantitative estimate of drug-likeness (QED) is 0.240. The van der Waals surface area contributed by atoms with E-state index in [1.165, 1.54) is 0 Å². The Bertz CT molecular complexity index is 739. The lowest BCUT2D eigenvalue weighted by atomic mass is 10.1. The number of methoxy groups -OCH3 is 1. The lowest BCUT2D eigenvalue weighted by Crippen LogP contribution is -2.40. The molecule has 0 radical (unpaired) electrons. The van der Waals surface area contributed by atoms with Crippen molar-refractivity contribution in [1.82, 2.24) is 15.2 Å². The number of likely N-dealkylation sites (tertiary alicyclic amines) is 1. The van der Waals surface area contributed by atoms with Gasteiger partial charge in [0.1, 0.15) is 12.0 Å². The molecule has 0 spiro atoms. The molecule has 1 N–H and O–H groups in total. The van der Waals surface area contributed by atoms with Crippen molar-refractivity contribution in [2.24, 2.45) is 10.9 Å². The molecule has 1 saturated heterocycles. The molecule has 2 heterocycles. The van der Waals surface area contributed by atoms with Gasteiger partial charge in [0.15, 0.2) is 5.96 Å². The highest BCUT2D eigenvalue weighted by atomic mass is 127. The zero-order valence-electron chi connectivity index (χ0n) is 17.2. The molecule has 2 aromatic rings.